The van der Waals surface area contributed by atoms with Crippen molar-refractivity contribution in [2.24, 2.45) is 0 Å². The lowest BCUT2D eigenvalue weighted by Crippen LogP contribution is -2.05. The van der Waals surface area contributed by atoms with Gasteiger partial charge < -0.3 is 10.1 Å². The molecule has 2 rings (SSSR count). The molecule has 0 heterocycles. The van der Waals surface area contributed by atoms with Crippen LogP contribution in [0.1, 0.15) is 17.5 Å². The predicted octanol–water partition coefficient (Wildman–Crippen LogP) is 3.89. The van der Waals surface area contributed by atoms with E-state index in [4.69, 9.17) is 4.74 Å². The van der Waals surface area contributed by atoms with Crippen LogP contribution >= 0.6 is 0 Å². The molecular formula is C18H21NO. The summed E-state index contributed by atoms with van der Waals surface area (Å²) in [6.07, 6.45) is 5.36. The number of hydrogen-bond donors (Lipinski definition) is 1. The van der Waals surface area contributed by atoms with Crippen molar-refractivity contribution in [2.45, 2.75) is 13.0 Å². The van der Waals surface area contributed by atoms with E-state index in [1.54, 1.807) is 0 Å². The molecule has 0 saturated heterocycles. The zero-order valence-electron chi connectivity index (χ0n) is 11.9. The van der Waals surface area contributed by atoms with Crippen LogP contribution in [0.5, 0.6) is 5.75 Å². The summed E-state index contributed by atoms with van der Waals surface area (Å²) in [6, 6.07) is 18.4. The van der Waals surface area contributed by atoms with Crippen molar-refractivity contribution in [3.63, 3.8) is 0 Å². The summed E-state index contributed by atoms with van der Waals surface area (Å²) in [5.74, 6) is 0.904. The average molecular weight is 267 g/mol. The summed E-state index contributed by atoms with van der Waals surface area (Å²) in [6.45, 7) is 1.62. The summed E-state index contributed by atoms with van der Waals surface area (Å²) in [4.78, 5) is 0. The molecule has 0 aliphatic rings. The molecule has 20 heavy (non-hydrogen) atoms. The minimum Gasteiger partial charge on any atom is -0.489 e. The molecule has 0 unspecified atom stereocenters. The van der Waals surface area contributed by atoms with Crippen molar-refractivity contribution in [1.29, 1.82) is 0 Å². The Balaban J connectivity index is 1.84. The molecule has 2 aromatic carbocycles. The van der Waals surface area contributed by atoms with Gasteiger partial charge in [0.1, 0.15) is 12.4 Å². The van der Waals surface area contributed by atoms with Crippen molar-refractivity contribution in [3.05, 3.63) is 71.8 Å². The normalized spacial score (nSPS) is 10.8. The third-order valence-corrected chi connectivity index (χ3v) is 3.00. The van der Waals surface area contributed by atoms with Crippen LogP contribution in [-0.2, 0) is 6.61 Å². The molecule has 104 valence electrons. The van der Waals surface area contributed by atoms with Crippen molar-refractivity contribution in [1.82, 2.24) is 5.32 Å². The molecule has 0 saturated carbocycles. The number of ether oxygens (including phenoxy) is 1. The maximum atomic E-state index is 5.76. The molecule has 0 bridgehead atoms. The highest BCUT2D eigenvalue weighted by Gasteiger charge is 1.95. The Labute approximate surface area is 121 Å². The molecular weight excluding hydrogens is 246 g/mol. The van der Waals surface area contributed by atoms with Crippen LogP contribution in [0.3, 0.4) is 0 Å². The zero-order valence-corrected chi connectivity index (χ0v) is 11.9. The van der Waals surface area contributed by atoms with E-state index in [0.29, 0.717) is 6.61 Å². The van der Waals surface area contributed by atoms with Crippen LogP contribution in [0.15, 0.2) is 60.7 Å². The summed E-state index contributed by atoms with van der Waals surface area (Å²) in [7, 11) is 1.96. The van der Waals surface area contributed by atoms with Crippen molar-refractivity contribution in [2.75, 3.05) is 13.6 Å². The Morgan fingerprint density at radius 2 is 1.75 bits per heavy atom. The largest absolute Gasteiger partial charge is 0.489 e. The van der Waals surface area contributed by atoms with Crippen LogP contribution in [-0.4, -0.2) is 13.6 Å². The van der Waals surface area contributed by atoms with Gasteiger partial charge in [0.15, 0.2) is 0 Å². The zero-order chi connectivity index (χ0) is 14.0. The standard InChI is InChI=1S/C18H21NO/c1-19-14-6-5-7-16-10-12-18(13-11-16)20-15-17-8-3-2-4-9-17/h2-5,7-13,19H,6,14-15H2,1H3. The first-order chi connectivity index (χ1) is 9.88. The lowest BCUT2D eigenvalue weighted by molar-refractivity contribution is 0.306. The molecule has 0 atom stereocenters. The van der Waals surface area contributed by atoms with E-state index in [2.05, 4.69) is 41.7 Å². The minimum absolute atomic E-state index is 0.609. The molecule has 0 aromatic heterocycles. The van der Waals surface area contributed by atoms with Gasteiger partial charge in [-0.2, -0.15) is 0 Å². The first-order valence-electron chi connectivity index (χ1n) is 6.96. The van der Waals surface area contributed by atoms with E-state index in [0.717, 1.165) is 18.7 Å². The second-order valence-corrected chi connectivity index (χ2v) is 4.64. The predicted molar refractivity (Wildman–Crippen MR) is 84.8 cm³/mol. The highest BCUT2D eigenvalue weighted by Crippen LogP contribution is 2.15. The van der Waals surface area contributed by atoms with Gasteiger partial charge in [-0.3, -0.25) is 0 Å². The highest BCUT2D eigenvalue weighted by atomic mass is 16.5. The van der Waals surface area contributed by atoms with Crippen molar-refractivity contribution < 1.29 is 4.74 Å². The molecule has 0 amide bonds. The summed E-state index contributed by atoms with van der Waals surface area (Å²) < 4.78 is 5.76. The fourth-order valence-corrected chi connectivity index (χ4v) is 1.86. The number of benzene rings is 2. The third kappa shape index (κ3) is 4.90. The first kappa shape index (κ1) is 14.4. The number of rotatable bonds is 7. The molecule has 0 aliphatic heterocycles. The lowest BCUT2D eigenvalue weighted by atomic mass is 10.2. The van der Waals surface area contributed by atoms with Gasteiger partial charge in [0, 0.05) is 0 Å². The second-order valence-electron chi connectivity index (χ2n) is 4.64. The fraction of sp³-hybridized carbons (Fsp3) is 0.222. The first-order valence-corrected chi connectivity index (χ1v) is 6.96. The smallest absolute Gasteiger partial charge is 0.119 e. The van der Waals surface area contributed by atoms with Gasteiger partial charge in [0.25, 0.3) is 0 Å². The van der Waals surface area contributed by atoms with Crippen LogP contribution in [0.2, 0.25) is 0 Å². The van der Waals surface area contributed by atoms with E-state index in [-0.39, 0.29) is 0 Å². The van der Waals surface area contributed by atoms with Gasteiger partial charge in [-0.25, -0.2) is 0 Å². The van der Waals surface area contributed by atoms with E-state index < -0.39 is 0 Å². The molecule has 1 N–H and O–H groups in total. The van der Waals surface area contributed by atoms with Gasteiger partial charge in [-0.1, -0.05) is 54.6 Å². The SMILES string of the molecule is CNCCC=Cc1ccc(OCc2ccccc2)cc1. The molecule has 2 heteroatoms. The molecule has 0 fully saturated rings. The molecule has 0 radical (unpaired) electrons. The highest BCUT2D eigenvalue weighted by molar-refractivity contribution is 5.50. The van der Waals surface area contributed by atoms with Gasteiger partial charge in [0.05, 0.1) is 0 Å². The van der Waals surface area contributed by atoms with Crippen LogP contribution < -0.4 is 10.1 Å². The van der Waals surface area contributed by atoms with E-state index in [9.17, 15) is 0 Å². The molecule has 2 nitrogen and oxygen atoms in total. The van der Waals surface area contributed by atoms with Crippen LogP contribution in [0, 0.1) is 0 Å². The van der Waals surface area contributed by atoms with Gasteiger partial charge in [-0.05, 0) is 43.3 Å². The van der Waals surface area contributed by atoms with E-state index in [1.807, 2.05) is 37.4 Å². The topological polar surface area (TPSA) is 21.3 Å². The monoisotopic (exact) mass is 267 g/mol. The molecule has 2 aromatic rings. The van der Waals surface area contributed by atoms with Crippen LogP contribution in [0.25, 0.3) is 6.08 Å². The van der Waals surface area contributed by atoms with Crippen LogP contribution in [0.4, 0.5) is 0 Å². The van der Waals surface area contributed by atoms with Gasteiger partial charge in [0.2, 0.25) is 0 Å². The van der Waals surface area contributed by atoms with Gasteiger partial charge in [-0.15, -0.1) is 0 Å². The maximum absolute atomic E-state index is 5.76. The Kier molecular flexibility index (Phi) is 5.87. The number of hydrogen-bond acceptors (Lipinski definition) is 2. The molecule has 0 spiro atoms. The lowest BCUT2D eigenvalue weighted by Gasteiger charge is -2.06. The van der Waals surface area contributed by atoms with Crippen molar-refractivity contribution in [3.8, 4) is 5.75 Å². The van der Waals surface area contributed by atoms with E-state index >= 15 is 0 Å². The summed E-state index contributed by atoms with van der Waals surface area (Å²) in [5.41, 5.74) is 2.39. The quantitative estimate of drug-likeness (QED) is 0.768. The van der Waals surface area contributed by atoms with Gasteiger partial charge >= 0.3 is 0 Å². The Morgan fingerprint density at radius 3 is 2.45 bits per heavy atom. The number of nitrogens with one attached hydrogen (secondary N) is 1. The minimum atomic E-state index is 0.609. The Morgan fingerprint density at radius 1 is 1.00 bits per heavy atom. The fourth-order valence-electron chi connectivity index (χ4n) is 1.86. The Hall–Kier alpha value is -2.06. The second kappa shape index (κ2) is 8.18. The van der Waals surface area contributed by atoms with E-state index in [1.165, 1.54) is 11.1 Å². The summed E-state index contributed by atoms with van der Waals surface area (Å²) >= 11 is 0. The van der Waals surface area contributed by atoms with Crippen molar-refractivity contribution >= 4 is 6.08 Å². The third-order valence-electron chi connectivity index (χ3n) is 3.00. The maximum Gasteiger partial charge on any atom is 0.119 e. The Bertz CT molecular complexity index is 517. The summed E-state index contributed by atoms with van der Waals surface area (Å²) in [5, 5.41) is 3.12. The average Bonchev–Trinajstić information content (AvgIpc) is 2.52. The molecule has 0 aliphatic carbocycles.